The highest BCUT2D eigenvalue weighted by molar-refractivity contribution is 5.92. The Balaban J connectivity index is 1.56. The first-order chi connectivity index (χ1) is 13.2. The number of carbonyl (C=O) groups is 1. The maximum absolute atomic E-state index is 12.8. The van der Waals surface area contributed by atoms with Crippen LogP contribution in [0.4, 0.5) is 11.6 Å². The Labute approximate surface area is 157 Å². The highest BCUT2D eigenvalue weighted by atomic mass is 16.2. The first-order valence-corrected chi connectivity index (χ1v) is 8.96. The lowest BCUT2D eigenvalue weighted by Gasteiger charge is -2.24. The molecule has 1 unspecified atom stereocenters. The predicted octanol–water partition coefficient (Wildman–Crippen LogP) is 3.30. The third-order valence-electron chi connectivity index (χ3n) is 4.62. The van der Waals surface area contributed by atoms with Gasteiger partial charge >= 0.3 is 0 Å². The van der Waals surface area contributed by atoms with Crippen LogP contribution in [0.25, 0.3) is 0 Å². The molecular formula is C20H20N6O. The SMILES string of the molecule is Cc1cccc(Nc2cc(C3CCCN3C(=O)c3cccnn3)ccn2)n1. The second-order valence-corrected chi connectivity index (χ2v) is 6.53. The molecule has 1 fully saturated rings. The van der Waals surface area contributed by atoms with Crippen molar-refractivity contribution in [2.75, 3.05) is 11.9 Å². The molecule has 1 aliphatic heterocycles. The molecule has 4 rings (SSSR count). The van der Waals surface area contributed by atoms with Gasteiger partial charge in [0.1, 0.15) is 11.6 Å². The number of aromatic nitrogens is 4. The molecule has 0 aromatic carbocycles. The fraction of sp³-hybridized carbons (Fsp3) is 0.250. The van der Waals surface area contributed by atoms with Crippen molar-refractivity contribution in [1.29, 1.82) is 0 Å². The molecule has 27 heavy (non-hydrogen) atoms. The summed E-state index contributed by atoms with van der Waals surface area (Å²) in [6.45, 7) is 2.66. The molecule has 4 heterocycles. The Bertz CT molecular complexity index is 946. The molecule has 1 saturated heterocycles. The van der Waals surface area contributed by atoms with Gasteiger partial charge in [-0.3, -0.25) is 4.79 Å². The number of carbonyl (C=O) groups excluding carboxylic acids is 1. The molecule has 7 nitrogen and oxygen atoms in total. The van der Waals surface area contributed by atoms with Crippen LogP contribution >= 0.6 is 0 Å². The standard InChI is InChI=1S/C20H20N6O/c1-14-5-2-8-18(23-14)24-19-13-15(9-11-21-19)17-7-4-12-26(17)20(27)16-6-3-10-22-25-16/h2-3,5-6,8-11,13,17H,4,7,12H2,1H3,(H,21,23,24). The van der Waals surface area contributed by atoms with Crippen LogP contribution in [-0.2, 0) is 0 Å². The smallest absolute Gasteiger partial charge is 0.274 e. The predicted molar refractivity (Wildman–Crippen MR) is 102 cm³/mol. The number of anilines is 2. The Morgan fingerprint density at radius 3 is 2.89 bits per heavy atom. The van der Waals surface area contributed by atoms with E-state index < -0.39 is 0 Å². The van der Waals surface area contributed by atoms with E-state index in [1.807, 2.05) is 42.2 Å². The van der Waals surface area contributed by atoms with E-state index in [0.29, 0.717) is 18.1 Å². The molecule has 0 bridgehead atoms. The molecule has 1 N–H and O–H groups in total. The maximum Gasteiger partial charge on any atom is 0.274 e. The van der Waals surface area contributed by atoms with Gasteiger partial charge in [0.15, 0.2) is 5.69 Å². The number of hydrogen-bond acceptors (Lipinski definition) is 6. The minimum absolute atomic E-state index is 0.00789. The van der Waals surface area contributed by atoms with Crippen LogP contribution in [0, 0.1) is 6.92 Å². The normalized spacial score (nSPS) is 16.3. The van der Waals surface area contributed by atoms with Crippen LogP contribution in [0.5, 0.6) is 0 Å². The quantitative estimate of drug-likeness (QED) is 0.768. The molecular weight excluding hydrogens is 340 g/mol. The van der Waals surface area contributed by atoms with Gasteiger partial charge in [0.05, 0.1) is 6.04 Å². The molecule has 3 aromatic heterocycles. The summed E-state index contributed by atoms with van der Waals surface area (Å²) in [6, 6.07) is 13.2. The summed E-state index contributed by atoms with van der Waals surface area (Å²) >= 11 is 0. The van der Waals surface area contributed by atoms with Gasteiger partial charge < -0.3 is 10.2 Å². The number of amides is 1. The minimum atomic E-state index is -0.0859. The molecule has 3 aromatic rings. The van der Waals surface area contributed by atoms with Crippen LogP contribution in [0.2, 0.25) is 0 Å². The van der Waals surface area contributed by atoms with E-state index in [1.54, 1.807) is 24.5 Å². The van der Waals surface area contributed by atoms with Gasteiger partial charge in [-0.25, -0.2) is 9.97 Å². The summed E-state index contributed by atoms with van der Waals surface area (Å²) in [4.78, 5) is 23.5. The topological polar surface area (TPSA) is 83.9 Å². The molecule has 0 saturated carbocycles. The number of likely N-dealkylation sites (tertiary alicyclic amines) is 1. The lowest BCUT2D eigenvalue weighted by Crippen LogP contribution is -2.31. The van der Waals surface area contributed by atoms with Crippen LogP contribution in [0.3, 0.4) is 0 Å². The van der Waals surface area contributed by atoms with E-state index in [-0.39, 0.29) is 11.9 Å². The first kappa shape index (κ1) is 17.1. The van der Waals surface area contributed by atoms with Gasteiger partial charge in [0.2, 0.25) is 0 Å². The summed E-state index contributed by atoms with van der Waals surface area (Å²) < 4.78 is 0. The van der Waals surface area contributed by atoms with Gasteiger partial charge in [-0.15, -0.1) is 5.10 Å². The van der Waals surface area contributed by atoms with Gasteiger partial charge in [-0.05, 0) is 61.7 Å². The largest absolute Gasteiger partial charge is 0.330 e. The van der Waals surface area contributed by atoms with E-state index in [4.69, 9.17) is 0 Å². The molecule has 1 amide bonds. The second kappa shape index (κ2) is 7.49. The van der Waals surface area contributed by atoms with Crippen molar-refractivity contribution in [3.05, 3.63) is 71.8 Å². The Morgan fingerprint density at radius 1 is 1.15 bits per heavy atom. The van der Waals surface area contributed by atoms with E-state index in [9.17, 15) is 4.79 Å². The van der Waals surface area contributed by atoms with Gasteiger partial charge in [-0.1, -0.05) is 6.07 Å². The summed E-state index contributed by atoms with van der Waals surface area (Å²) in [6.07, 6.45) is 5.20. The lowest BCUT2D eigenvalue weighted by molar-refractivity contribution is 0.0728. The van der Waals surface area contributed by atoms with Crippen molar-refractivity contribution < 1.29 is 4.79 Å². The average Bonchev–Trinajstić information content (AvgIpc) is 3.18. The Kier molecular flexibility index (Phi) is 4.74. The van der Waals surface area contributed by atoms with Crippen LogP contribution in [-0.4, -0.2) is 37.5 Å². The summed E-state index contributed by atoms with van der Waals surface area (Å²) in [5.41, 5.74) is 2.36. The number of aryl methyl sites for hydroxylation is 1. The third kappa shape index (κ3) is 3.76. The molecule has 1 aliphatic rings. The van der Waals surface area contributed by atoms with Gasteiger partial charge in [-0.2, -0.15) is 5.10 Å². The van der Waals surface area contributed by atoms with Crippen molar-refractivity contribution in [3.8, 4) is 0 Å². The zero-order valence-electron chi connectivity index (χ0n) is 15.0. The van der Waals surface area contributed by atoms with Crippen LogP contribution < -0.4 is 5.32 Å². The average molecular weight is 360 g/mol. The zero-order valence-corrected chi connectivity index (χ0v) is 15.0. The van der Waals surface area contributed by atoms with E-state index in [0.717, 1.165) is 29.9 Å². The molecule has 0 spiro atoms. The minimum Gasteiger partial charge on any atom is -0.330 e. The van der Waals surface area contributed by atoms with Crippen molar-refractivity contribution in [2.45, 2.75) is 25.8 Å². The summed E-state index contributed by atoms with van der Waals surface area (Å²) in [5.74, 6) is 1.38. The summed E-state index contributed by atoms with van der Waals surface area (Å²) in [5, 5.41) is 11.0. The first-order valence-electron chi connectivity index (χ1n) is 8.96. The fourth-order valence-electron chi connectivity index (χ4n) is 3.39. The van der Waals surface area contributed by atoms with Crippen LogP contribution in [0.1, 0.15) is 40.6 Å². The van der Waals surface area contributed by atoms with Crippen LogP contribution in [0.15, 0.2) is 54.9 Å². The van der Waals surface area contributed by atoms with Crippen molar-refractivity contribution in [2.24, 2.45) is 0 Å². The Hall–Kier alpha value is -3.35. The number of rotatable bonds is 4. The molecule has 136 valence electrons. The molecule has 7 heteroatoms. The highest BCUT2D eigenvalue weighted by Gasteiger charge is 2.31. The second-order valence-electron chi connectivity index (χ2n) is 6.53. The zero-order chi connectivity index (χ0) is 18.6. The van der Waals surface area contributed by atoms with Gasteiger partial charge in [0, 0.05) is 24.6 Å². The fourth-order valence-corrected chi connectivity index (χ4v) is 3.39. The Morgan fingerprint density at radius 2 is 2.07 bits per heavy atom. The van der Waals surface area contributed by atoms with E-state index in [1.165, 1.54) is 0 Å². The maximum atomic E-state index is 12.8. The van der Waals surface area contributed by atoms with Gasteiger partial charge in [0.25, 0.3) is 5.91 Å². The number of nitrogens with zero attached hydrogens (tertiary/aromatic N) is 5. The lowest BCUT2D eigenvalue weighted by atomic mass is 10.1. The molecule has 0 radical (unpaired) electrons. The van der Waals surface area contributed by atoms with Crippen molar-refractivity contribution in [1.82, 2.24) is 25.1 Å². The third-order valence-corrected chi connectivity index (χ3v) is 4.62. The molecule has 0 aliphatic carbocycles. The summed E-state index contributed by atoms with van der Waals surface area (Å²) in [7, 11) is 0. The highest BCUT2D eigenvalue weighted by Crippen LogP contribution is 2.33. The van der Waals surface area contributed by atoms with Crippen molar-refractivity contribution >= 4 is 17.5 Å². The monoisotopic (exact) mass is 360 g/mol. The van der Waals surface area contributed by atoms with E-state index >= 15 is 0 Å². The number of hydrogen-bond donors (Lipinski definition) is 1. The van der Waals surface area contributed by atoms with E-state index in [2.05, 4.69) is 25.5 Å². The molecule has 1 atom stereocenters. The van der Waals surface area contributed by atoms with Crippen molar-refractivity contribution in [3.63, 3.8) is 0 Å². The number of nitrogens with one attached hydrogen (secondary N) is 1. The number of pyridine rings is 2.